The number of sulfonamides is 1. The normalized spacial score (nSPS) is 10.8. The summed E-state index contributed by atoms with van der Waals surface area (Å²) in [4.78, 5) is 11.9. The van der Waals surface area contributed by atoms with Gasteiger partial charge in [0.25, 0.3) is 15.9 Å². The third kappa shape index (κ3) is 7.94. The van der Waals surface area contributed by atoms with Gasteiger partial charge in [0, 0.05) is 26.2 Å². The predicted octanol–water partition coefficient (Wildman–Crippen LogP) is 1.30. The largest absolute Gasteiger partial charge is 0.395 e. The minimum absolute atomic E-state index is 0.0226. The first-order valence-corrected chi connectivity index (χ1v) is 9.40. The Bertz CT molecular complexity index is 835. The molecule has 0 heterocycles. The number of aliphatic hydroxyl groups is 1. The van der Waals surface area contributed by atoms with E-state index in [1.54, 1.807) is 32.3 Å². The van der Waals surface area contributed by atoms with Gasteiger partial charge in [0.15, 0.2) is 0 Å². The number of amides is 1. The van der Waals surface area contributed by atoms with Crippen LogP contribution in [0.4, 0.5) is 5.69 Å². The number of hydrogen-bond donors (Lipinski definition) is 3. The van der Waals surface area contributed by atoms with Crippen LogP contribution in [0, 0.1) is 0 Å². The molecule has 0 radical (unpaired) electrons. The minimum atomic E-state index is -3.94. The molecule has 2 aromatic rings. The molecule has 0 unspecified atom stereocenters. The summed E-state index contributed by atoms with van der Waals surface area (Å²) in [5, 5.41) is 17.0. The van der Waals surface area contributed by atoms with Crippen molar-refractivity contribution >= 4 is 21.6 Å². The fourth-order valence-electron chi connectivity index (χ4n) is 1.66. The summed E-state index contributed by atoms with van der Waals surface area (Å²) in [5.41, 5.74) is 5.56. The van der Waals surface area contributed by atoms with Gasteiger partial charge in [-0.25, -0.2) is 13.1 Å². The van der Waals surface area contributed by atoms with E-state index in [2.05, 4.69) is 10.3 Å². The molecule has 0 aliphatic rings. The van der Waals surface area contributed by atoms with Crippen molar-refractivity contribution in [1.29, 1.82) is 0 Å². The fourth-order valence-corrected chi connectivity index (χ4v) is 2.64. The van der Waals surface area contributed by atoms with Gasteiger partial charge in [-0.05, 0) is 36.4 Å². The number of carbonyl (C=O) groups excluding carboxylic acids is 1. The molecule has 0 fully saturated rings. The lowest BCUT2D eigenvalue weighted by Crippen LogP contribution is -2.30. The maximum atomic E-state index is 12.2. The lowest BCUT2D eigenvalue weighted by atomic mass is 10.2. The Morgan fingerprint density at radius 3 is 2.15 bits per heavy atom. The maximum absolute atomic E-state index is 12.2. The SMILES string of the molecule is CN(C)N=Nc1ccc(S(=O)(=O)NC(=O)c2ccccc2)cc1.NCCO. The van der Waals surface area contributed by atoms with E-state index in [9.17, 15) is 13.2 Å². The zero-order chi connectivity index (χ0) is 20.3. The van der Waals surface area contributed by atoms with Gasteiger partial charge in [-0.2, -0.15) is 0 Å². The van der Waals surface area contributed by atoms with Crippen LogP contribution in [0.1, 0.15) is 10.4 Å². The van der Waals surface area contributed by atoms with E-state index in [1.807, 2.05) is 4.72 Å². The van der Waals surface area contributed by atoms with E-state index in [4.69, 9.17) is 10.8 Å². The number of nitrogens with one attached hydrogen (secondary N) is 1. The predicted molar refractivity (Wildman–Crippen MR) is 102 cm³/mol. The van der Waals surface area contributed by atoms with Gasteiger partial charge in [-0.1, -0.05) is 23.4 Å². The van der Waals surface area contributed by atoms with Crippen LogP contribution in [-0.2, 0) is 10.0 Å². The van der Waals surface area contributed by atoms with E-state index in [-0.39, 0.29) is 17.1 Å². The average Bonchev–Trinajstić information content (AvgIpc) is 2.67. The topological polar surface area (TPSA) is 137 Å². The molecule has 2 aromatic carbocycles. The molecule has 10 heteroatoms. The number of nitrogens with zero attached hydrogens (tertiary/aromatic N) is 3. The van der Waals surface area contributed by atoms with Crippen molar-refractivity contribution in [3.63, 3.8) is 0 Å². The first kappa shape index (κ1) is 22.2. The smallest absolute Gasteiger partial charge is 0.264 e. The molecule has 4 N–H and O–H groups in total. The van der Waals surface area contributed by atoms with E-state index in [0.29, 0.717) is 12.2 Å². The molecule has 0 saturated carbocycles. The quantitative estimate of drug-likeness (QED) is 0.500. The molecular weight excluding hydrogens is 370 g/mol. The summed E-state index contributed by atoms with van der Waals surface area (Å²) in [7, 11) is -0.491. The number of carbonyl (C=O) groups is 1. The van der Waals surface area contributed by atoms with Crippen molar-refractivity contribution < 1.29 is 18.3 Å². The lowest BCUT2D eigenvalue weighted by Gasteiger charge is -2.07. The molecule has 1 amide bonds. The van der Waals surface area contributed by atoms with Crippen molar-refractivity contribution in [1.82, 2.24) is 9.73 Å². The molecule has 27 heavy (non-hydrogen) atoms. The number of benzene rings is 2. The molecule has 2 rings (SSSR count). The summed E-state index contributed by atoms with van der Waals surface area (Å²) < 4.78 is 26.4. The van der Waals surface area contributed by atoms with Crippen LogP contribution in [0.2, 0.25) is 0 Å². The molecule has 146 valence electrons. The Kier molecular flexibility index (Phi) is 9.06. The van der Waals surface area contributed by atoms with Crippen molar-refractivity contribution in [2.75, 3.05) is 27.2 Å². The van der Waals surface area contributed by atoms with Crippen molar-refractivity contribution in [3.8, 4) is 0 Å². The van der Waals surface area contributed by atoms with Crippen LogP contribution in [-0.4, -0.2) is 51.7 Å². The summed E-state index contributed by atoms with van der Waals surface area (Å²) in [6.45, 7) is 0.472. The van der Waals surface area contributed by atoms with Gasteiger partial charge in [0.05, 0.1) is 17.2 Å². The van der Waals surface area contributed by atoms with Gasteiger partial charge in [-0.3, -0.25) is 9.80 Å². The van der Waals surface area contributed by atoms with Crippen LogP contribution in [0.5, 0.6) is 0 Å². The Morgan fingerprint density at radius 2 is 1.67 bits per heavy atom. The van der Waals surface area contributed by atoms with Crippen molar-refractivity contribution in [3.05, 3.63) is 60.2 Å². The van der Waals surface area contributed by atoms with Crippen LogP contribution in [0.15, 0.2) is 69.8 Å². The Hall–Kier alpha value is -2.82. The van der Waals surface area contributed by atoms with Crippen LogP contribution in [0.25, 0.3) is 0 Å². The first-order chi connectivity index (χ1) is 12.8. The molecule has 0 spiro atoms. The third-order valence-corrected chi connectivity index (χ3v) is 4.23. The van der Waals surface area contributed by atoms with E-state index >= 15 is 0 Å². The number of hydrogen-bond acceptors (Lipinski definition) is 7. The highest BCUT2D eigenvalue weighted by atomic mass is 32.2. The first-order valence-electron chi connectivity index (χ1n) is 7.92. The van der Waals surface area contributed by atoms with Gasteiger partial charge in [0.2, 0.25) is 0 Å². The van der Waals surface area contributed by atoms with E-state index in [0.717, 1.165) is 0 Å². The Morgan fingerprint density at radius 1 is 1.11 bits per heavy atom. The summed E-state index contributed by atoms with van der Waals surface area (Å²) in [6.07, 6.45) is 0. The molecule has 0 bridgehead atoms. The highest BCUT2D eigenvalue weighted by Gasteiger charge is 2.18. The molecule has 0 aliphatic heterocycles. The highest BCUT2D eigenvalue weighted by molar-refractivity contribution is 7.90. The van der Waals surface area contributed by atoms with Gasteiger partial charge in [0.1, 0.15) is 0 Å². The Balaban J connectivity index is 0.000000828. The standard InChI is InChI=1S/C15H16N4O3S.C2H7NO/c1-19(2)18-16-13-8-10-14(11-9-13)23(21,22)17-15(20)12-6-4-3-5-7-12;3-1-2-4/h3-11H,1-2H3,(H,17,20);4H,1-3H2. The number of nitrogens with two attached hydrogens (primary N) is 1. The maximum Gasteiger partial charge on any atom is 0.264 e. The highest BCUT2D eigenvalue weighted by Crippen LogP contribution is 2.17. The second-order valence-electron chi connectivity index (χ2n) is 5.34. The van der Waals surface area contributed by atoms with Crippen LogP contribution in [0.3, 0.4) is 0 Å². The summed E-state index contributed by atoms with van der Waals surface area (Å²) >= 11 is 0. The van der Waals surface area contributed by atoms with Crippen molar-refractivity contribution in [2.45, 2.75) is 4.90 Å². The van der Waals surface area contributed by atoms with E-state index < -0.39 is 15.9 Å². The average molecular weight is 393 g/mol. The second-order valence-corrected chi connectivity index (χ2v) is 7.03. The molecular formula is C17H23N5O4S. The van der Waals surface area contributed by atoms with Gasteiger partial charge >= 0.3 is 0 Å². The zero-order valence-electron chi connectivity index (χ0n) is 15.1. The second kappa shape index (κ2) is 11.0. The molecule has 0 saturated heterocycles. The monoisotopic (exact) mass is 393 g/mol. The lowest BCUT2D eigenvalue weighted by molar-refractivity contribution is 0.0981. The fraction of sp³-hybridized carbons (Fsp3) is 0.235. The van der Waals surface area contributed by atoms with Crippen LogP contribution >= 0.6 is 0 Å². The van der Waals surface area contributed by atoms with Gasteiger partial charge in [-0.15, -0.1) is 5.11 Å². The zero-order valence-corrected chi connectivity index (χ0v) is 15.9. The summed E-state index contributed by atoms with van der Waals surface area (Å²) in [5.74, 6) is -0.679. The molecule has 0 aromatic heterocycles. The third-order valence-electron chi connectivity index (χ3n) is 2.88. The van der Waals surface area contributed by atoms with Crippen LogP contribution < -0.4 is 10.5 Å². The van der Waals surface area contributed by atoms with Crippen molar-refractivity contribution in [2.24, 2.45) is 16.1 Å². The number of aliphatic hydroxyl groups excluding tert-OH is 1. The number of rotatable bonds is 6. The molecule has 0 atom stereocenters. The minimum Gasteiger partial charge on any atom is -0.395 e. The van der Waals surface area contributed by atoms with Gasteiger partial charge < -0.3 is 10.8 Å². The summed E-state index contributed by atoms with van der Waals surface area (Å²) in [6, 6.07) is 13.9. The molecule has 0 aliphatic carbocycles. The molecule has 9 nitrogen and oxygen atoms in total. The Labute approximate surface area is 158 Å². The van der Waals surface area contributed by atoms with E-state index in [1.165, 1.54) is 41.4 Å².